The van der Waals surface area contributed by atoms with Gasteiger partial charge in [0.25, 0.3) is 0 Å². The average molecular weight is 218 g/mol. The third kappa shape index (κ3) is 1.65. The van der Waals surface area contributed by atoms with E-state index in [0.717, 1.165) is 11.4 Å². The molecule has 0 aliphatic heterocycles. The second-order valence-corrected chi connectivity index (χ2v) is 3.41. The lowest BCUT2D eigenvalue weighted by molar-refractivity contribution is 0.0696. The number of rotatable bonds is 2. The first-order chi connectivity index (χ1) is 7.59. The van der Waals surface area contributed by atoms with E-state index >= 15 is 0 Å². The fourth-order valence-electron chi connectivity index (χ4n) is 1.49. The van der Waals surface area contributed by atoms with E-state index in [9.17, 15) is 4.79 Å². The van der Waals surface area contributed by atoms with Crippen LogP contribution in [0.2, 0.25) is 0 Å². The minimum Gasteiger partial charge on any atom is -0.478 e. The summed E-state index contributed by atoms with van der Waals surface area (Å²) >= 11 is 0. The smallest absolute Gasteiger partial charge is 0.339 e. The summed E-state index contributed by atoms with van der Waals surface area (Å²) in [5.41, 5.74) is 1.71. The van der Waals surface area contributed by atoms with Crippen LogP contribution in [0.4, 0.5) is 0 Å². The molecule has 0 aromatic carbocycles. The van der Waals surface area contributed by atoms with E-state index in [4.69, 9.17) is 5.11 Å². The molecule has 0 aliphatic carbocycles. The maximum Gasteiger partial charge on any atom is 0.339 e. The SMILES string of the molecule is Cc1cc(C)n(-c2nnccc2C(=O)O)n1. The van der Waals surface area contributed by atoms with Gasteiger partial charge in [-0.3, -0.25) is 0 Å². The standard InChI is InChI=1S/C10H10N4O2/c1-6-5-7(2)14(13-6)9-8(10(15)16)3-4-11-12-9/h3-5H,1-2H3,(H,15,16). The van der Waals surface area contributed by atoms with E-state index in [-0.39, 0.29) is 11.4 Å². The molecule has 2 aromatic rings. The molecule has 0 bridgehead atoms. The van der Waals surface area contributed by atoms with Gasteiger partial charge in [0.15, 0.2) is 5.82 Å². The zero-order valence-corrected chi connectivity index (χ0v) is 8.88. The molecule has 2 heterocycles. The van der Waals surface area contributed by atoms with E-state index in [1.165, 1.54) is 16.9 Å². The fraction of sp³-hybridized carbons (Fsp3) is 0.200. The topological polar surface area (TPSA) is 80.9 Å². The highest BCUT2D eigenvalue weighted by molar-refractivity contribution is 5.90. The first-order valence-corrected chi connectivity index (χ1v) is 4.68. The number of aromatic nitrogens is 4. The predicted octanol–water partition coefficient (Wildman–Crippen LogP) is 0.977. The summed E-state index contributed by atoms with van der Waals surface area (Å²) in [4.78, 5) is 11.0. The second kappa shape index (κ2) is 3.73. The summed E-state index contributed by atoms with van der Waals surface area (Å²) in [6, 6.07) is 3.25. The Morgan fingerprint density at radius 3 is 2.75 bits per heavy atom. The molecule has 6 nitrogen and oxygen atoms in total. The van der Waals surface area contributed by atoms with Crippen LogP contribution in [0.3, 0.4) is 0 Å². The van der Waals surface area contributed by atoms with Crippen molar-refractivity contribution < 1.29 is 9.90 Å². The first-order valence-electron chi connectivity index (χ1n) is 4.68. The number of carboxylic acid groups (broad SMARTS) is 1. The third-order valence-corrected chi connectivity index (χ3v) is 2.14. The van der Waals surface area contributed by atoms with E-state index < -0.39 is 5.97 Å². The van der Waals surface area contributed by atoms with Crippen molar-refractivity contribution in [1.82, 2.24) is 20.0 Å². The molecule has 0 saturated heterocycles. The van der Waals surface area contributed by atoms with Gasteiger partial charge in [-0.05, 0) is 26.0 Å². The number of hydrogen-bond acceptors (Lipinski definition) is 4. The molecule has 2 aromatic heterocycles. The van der Waals surface area contributed by atoms with Crippen LogP contribution in [0.25, 0.3) is 5.82 Å². The van der Waals surface area contributed by atoms with E-state index in [2.05, 4.69) is 15.3 Å². The summed E-state index contributed by atoms with van der Waals surface area (Å²) in [6.07, 6.45) is 1.35. The average Bonchev–Trinajstić information content (AvgIpc) is 2.57. The Kier molecular flexibility index (Phi) is 2.40. The largest absolute Gasteiger partial charge is 0.478 e. The lowest BCUT2D eigenvalue weighted by Crippen LogP contribution is -2.11. The van der Waals surface area contributed by atoms with Gasteiger partial charge >= 0.3 is 5.97 Å². The molecule has 16 heavy (non-hydrogen) atoms. The van der Waals surface area contributed by atoms with Crippen molar-refractivity contribution in [3.63, 3.8) is 0 Å². The zero-order chi connectivity index (χ0) is 11.7. The maximum atomic E-state index is 11.0. The molecule has 0 saturated carbocycles. The molecule has 0 aliphatic rings. The van der Waals surface area contributed by atoms with E-state index in [0.29, 0.717) is 0 Å². The molecule has 82 valence electrons. The minimum atomic E-state index is -1.04. The Morgan fingerprint density at radius 2 is 2.19 bits per heavy atom. The van der Waals surface area contributed by atoms with Crippen molar-refractivity contribution >= 4 is 5.97 Å². The van der Waals surface area contributed by atoms with Crippen molar-refractivity contribution in [2.75, 3.05) is 0 Å². The summed E-state index contributed by atoms with van der Waals surface area (Å²) in [5.74, 6) is -0.807. The van der Waals surface area contributed by atoms with Crippen molar-refractivity contribution in [3.05, 3.63) is 35.3 Å². The van der Waals surface area contributed by atoms with Gasteiger partial charge in [-0.25, -0.2) is 9.48 Å². The lowest BCUT2D eigenvalue weighted by atomic mass is 10.3. The summed E-state index contributed by atoms with van der Waals surface area (Å²) < 4.78 is 1.48. The van der Waals surface area contributed by atoms with E-state index in [1.54, 1.807) is 0 Å². The Labute approximate surface area is 91.6 Å². The fourth-order valence-corrected chi connectivity index (χ4v) is 1.49. The van der Waals surface area contributed by atoms with Gasteiger partial charge in [0, 0.05) is 5.69 Å². The number of nitrogens with zero attached hydrogens (tertiary/aromatic N) is 4. The summed E-state index contributed by atoms with van der Waals surface area (Å²) in [7, 11) is 0. The maximum absolute atomic E-state index is 11.0. The van der Waals surface area contributed by atoms with Crippen LogP contribution in [0.5, 0.6) is 0 Å². The highest BCUT2D eigenvalue weighted by Crippen LogP contribution is 2.13. The molecule has 1 N–H and O–H groups in total. The zero-order valence-electron chi connectivity index (χ0n) is 8.88. The predicted molar refractivity (Wildman–Crippen MR) is 55.6 cm³/mol. The Hall–Kier alpha value is -2.24. The number of aryl methyl sites for hydroxylation is 2. The Bertz CT molecular complexity index is 548. The monoisotopic (exact) mass is 218 g/mol. The van der Waals surface area contributed by atoms with Gasteiger partial charge in [0.1, 0.15) is 5.56 Å². The Morgan fingerprint density at radius 1 is 1.44 bits per heavy atom. The van der Waals surface area contributed by atoms with Crippen LogP contribution in [-0.4, -0.2) is 31.1 Å². The minimum absolute atomic E-state index is 0.0844. The van der Waals surface area contributed by atoms with Crippen LogP contribution >= 0.6 is 0 Å². The van der Waals surface area contributed by atoms with Crippen molar-refractivity contribution in [1.29, 1.82) is 0 Å². The van der Waals surface area contributed by atoms with Crippen LogP contribution in [0, 0.1) is 13.8 Å². The van der Waals surface area contributed by atoms with Crippen LogP contribution in [0.15, 0.2) is 18.3 Å². The summed E-state index contributed by atoms with van der Waals surface area (Å²) in [6.45, 7) is 3.67. The molecule has 0 unspecified atom stereocenters. The molecule has 0 fully saturated rings. The van der Waals surface area contributed by atoms with Crippen molar-refractivity contribution in [3.8, 4) is 5.82 Å². The van der Waals surface area contributed by atoms with Gasteiger partial charge in [-0.2, -0.15) is 10.2 Å². The van der Waals surface area contributed by atoms with Gasteiger partial charge in [-0.1, -0.05) is 0 Å². The van der Waals surface area contributed by atoms with Gasteiger partial charge in [-0.15, -0.1) is 5.10 Å². The number of hydrogen-bond donors (Lipinski definition) is 1. The number of carboxylic acids is 1. The molecular formula is C10H10N4O2. The first kappa shape index (κ1) is 10.3. The van der Waals surface area contributed by atoms with Crippen LogP contribution in [-0.2, 0) is 0 Å². The Balaban J connectivity index is 2.64. The molecule has 0 atom stereocenters. The van der Waals surface area contributed by atoms with E-state index in [1.807, 2.05) is 19.9 Å². The van der Waals surface area contributed by atoms with Gasteiger partial charge in [0.05, 0.1) is 11.9 Å². The van der Waals surface area contributed by atoms with Gasteiger partial charge < -0.3 is 5.11 Å². The second-order valence-electron chi connectivity index (χ2n) is 3.41. The number of aromatic carboxylic acids is 1. The summed E-state index contributed by atoms with van der Waals surface area (Å²) in [5, 5.41) is 20.7. The molecule has 6 heteroatoms. The molecule has 0 amide bonds. The molecule has 2 rings (SSSR count). The van der Waals surface area contributed by atoms with Crippen molar-refractivity contribution in [2.24, 2.45) is 0 Å². The molecule has 0 radical (unpaired) electrons. The molecular weight excluding hydrogens is 208 g/mol. The lowest BCUT2D eigenvalue weighted by Gasteiger charge is -2.04. The third-order valence-electron chi connectivity index (χ3n) is 2.14. The van der Waals surface area contributed by atoms with Crippen molar-refractivity contribution in [2.45, 2.75) is 13.8 Å². The quantitative estimate of drug-likeness (QED) is 0.812. The van der Waals surface area contributed by atoms with Gasteiger partial charge in [0.2, 0.25) is 0 Å². The normalized spacial score (nSPS) is 10.4. The van der Waals surface area contributed by atoms with Crippen LogP contribution < -0.4 is 0 Å². The molecule has 0 spiro atoms. The highest BCUT2D eigenvalue weighted by Gasteiger charge is 2.15. The van der Waals surface area contributed by atoms with Crippen LogP contribution in [0.1, 0.15) is 21.7 Å². The number of carbonyl (C=O) groups is 1. The highest BCUT2D eigenvalue weighted by atomic mass is 16.4.